The molecule has 33 heavy (non-hydrogen) atoms. The van der Waals surface area contributed by atoms with Gasteiger partial charge in [-0.2, -0.15) is 0 Å². The number of benzene rings is 2. The number of anilines is 2. The van der Waals surface area contributed by atoms with Gasteiger partial charge in [0.1, 0.15) is 5.82 Å². The van der Waals surface area contributed by atoms with Crippen molar-refractivity contribution < 1.29 is 8.78 Å². The Labute approximate surface area is 194 Å². The molecule has 1 aromatic heterocycles. The fourth-order valence-corrected chi connectivity index (χ4v) is 3.85. The molecule has 0 bridgehead atoms. The average Bonchev–Trinajstić information content (AvgIpc) is 2.78. The van der Waals surface area contributed by atoms with Crippen molar-refractivity contribution in [2.75, 3.05) is 10.6 Å². The summed E-state index contributed by atoms with van der Waals surface area (Å²) in [5.74, 6) is -2.44. The topological polar surface area (TPSA) is 63.0 Å². The van der Waals surface area contributed by atoms with Gasteiger partial charge >= 0.3 is 0 Å². The molecule has 0 fully saturated rings. The summed E-state index contributed by atoms with van der Waals surface area (Å²) in [6.45, 7) is 12.7. The lowest BCUT2D eigenvalue weighted by Crippen LogP contribution is -2.13. The highest BCUT2D eigenvalue weighted by molar-refractivity contribution is 5.81. The number of rotatable bonds is 9. The molecule has 0 radical (unpaired) electrons. The number of nitrogens with two attached hydrogens (primary N) is 1. The van der Waals surface area contributed by atoms with E-state index in [4.69, 9.17) is 5.73 Å². The summed E-state index contributed by atoms with van der Waals surface area (Å²) in [6.07, 6.45) is 4.95. The van der Waals surface area contributed by atoms with Gasteiger partial charge in [-0.3, -0.25) is 4.98 Å². The van der Waals surface area contributed by atoms with Crippen molar-refractivity contribution in [3.8, 4) is 11.1 Å². The minimum atomic E-state index is -2.91. The number of aryl methyl sites for hydroxylation is 2. The lowest BCUT2D eigenvalue weighted by Gasteiger charge is -2.18. The van der Waals surface area contributed by atoms with Gasteiger partial charge in [0.15, 0.2) is 0 Å². The van der Waals surface area contributed by atoms with Crippen LogP contribution in [0.3, 0.4) is 0 Å². The molecule has 3 rings (SSSR count). The number of alkyl halides is 2. The fraction of sp³-hybridized carbons (Fsp3) is 0.222. The summed E-state index contributed by atoms with van der Waals surface area (Å²) in [5, 5.41) is 6.23. The zero-order chi connectivity index (χ0) is 24.2. The Bertz CT molecular complexity index is 1160. The second-order valence-corrected chi connectivity index (χ2v) is 8.02. The summed E-state index contributed by atoms with van der Waals surface area (Å²) < 4.78 is 28.0. The molecule has 0 saturated heterocycles. The highest BCUT2D eigenvalue weighted by Crippen LogP contribution is 2.33. The van der Waals surface area contributed by atoms with E-state index in [1.807, 2.05) is 37.4 Å². The van der Waals surface area contributed by atoms with Gasteiger partial charge in [-0.1, -0.05) is 45.2 Å². The standard InChI is InChI=1S/C27H30F2N4/c1-6-19-8-13-23(14-25(19)27(5,28)29)33-18(4)32-22-11-9-21(10-12-22)24-16-31-15-20(7-2)26(24)17(3)30/h8-16,32-33H,3-4,6-7,30H2,1-2,5H3. The molecule has 0 spiro atoms. The number of halogens is 2. The zero-order valence-corrected chi connectivity index (χ0v) is 19.3. The first-order valence-electron chi connectivity index (χ1n) is 10.9. The van der Waals surface area contributed by atoms with Crippen molar-refractivity contribution in [2.45, 2.75) is 39.5 Å². The summed E-state index contributed by atoms with van der Waals surface area (Å²) in [7, 11) is 0. The predicted molar refractivity (Wildman–Crippen MR) is 134 cm³/mol. The molecule has 172 valence electrons. The molecule has 2 aromatic carbocycles. The van der Waals surface area contributed by atoms with Crippen LogP contribution in [0, 0.1) is 0 Å². The average molecular weight is 449 g/mol. The van der Waals surface area contributed by atoms with Crippen LogP contribution in [0.25, 0.3) is 16.8 Å². The number of pyridine rings is 1. The van der Waals surface area contributed by atoms with E-state index in [2.05, 4.69) is 35.7 Å². The minimum Gasteiger partial charge on any atom is -0.399 e. The molecule has 0 unspecified atom stereocenters. The number of nitrogens with zero attached hydrogens (tertiary/aromatic N) is 1. The molecule has 4 N–H and O–H groups in total. The normalized spacial score (nSPS) is 11.2. The Kier molecular flexibility index (Phi) is 7.16. The second kappa shape index (κ2) is 9.86. The van der Waals surface area contributed by atoms with Gasteiger partial charge in [-0.05, 0) is 53.8 Å². The van der Waals surface area contributed by atoms with Gasteiger partial charge in [0.25, 0.3) is 5.92 Å². The van der Waals surface area contributed by atoms with Crippen LogP contribution in [0.1, 0.15) is 43.0 Å². The lowest BCUT2D eigenvalue weighted by atomic mass is 9.95. The molecular formula is C27H30F2N4. The summed E-state index contributed by atoms with van der Waals surface area (Å²) >= 11 is 0. The third-order valence-electron chi connectivity index (χ3n) is 5.48. The van der Waals surface area contributed by atoms with Crippen LogP contribution in [-0.4, -0.2) is 4.98 Å². The molecule has 4 nitrogen and oxygen atoms in total. The maximum Gasteiger partial charge on any atom is 0.270 e. The first-order chi connectivity index (χ1) is 15.6. The van der Waals surface area contributed by atoms with Crippen molar-refractivity contribution >= 4 is 17.1 Å². The molecule has 0 aliphatic heterocycles. The monoisotopic (exact) mass is 448 g/mol. The van der Waals surface area contributed by atoms with Crippen molar-refractivity contribution in [1.29, 1.82) is 0 Å². The van der Waals surface area contributed by atoms with Crippen LogP contribution in [-0.2, 0) is 18.8 Å². The molecular weight excluding hydrogens is 418 g/mol. The van der Waals surface area contributed by atoms with Crippen molar-refractivity contribution in [1.82, 2.24) is 4.98 Å². The van der Waals surface area contributed by atoms with E-state index < -0.39 is 5.92 Å². The smallest absolute Gasteiger partial charge is 0.270 e. The van der Waals surface area contributed by atoms with Crippen LogP contribution in [0.2, 0.25) is 0 Å². The Morgan fingerprint density at radius 1 is 0.939 bits per heavy atom. The number of aromatic nitrogens is 1. The van der Waals surface area contributed by atoms with E-state index in [1.165, 1.54) is 6.07 Å². The molecule has 0 saturated carbocycles. The quantitative estimate of drug-likeness (QED) is 0.333. The largest absolute Gasteiger partial charge is 0.399 e. The van der Waals surface area contributed by atoms with E-state index in [9.17, 15) is 8.78 Å². The van der Waals surface area contributed by atoms with E-state index in [0.29, 0.717) is 29.2 Å². The van der Waals surface area contributed by atoms with Crippen LogP contribution < -0.4 is 16.4 Å². The highest BCUT2D eigenvalue weighted by Gasteiger charge is 2.27. The Morgan fingerprint density at radius 2 is 1.55 bits per heavy atom. The first-order valence-corrected chi connectivity index (χ1v) is 10.9. The maximum atomic E-state index is 14.0. The van der Waals surface area contributed by atoms with Gasteiger partial charge in [0.05, 0.1) is 0 Å². The lowest BCUT2D eigenvalue weighted by molar-refractivity contribution is 0.0166. The highest BCUT2D eigenvalue weighted by atomic mass is 19.3. The number of hydrogen-bond acceptors (Lipinski definition) is 4. The maximum absolute atomic E-state index is 14.0. The Balaban J connectivity index is 1.77. The van der Waals surface area contributed by atoms with E-state index in [1.54, 1.807) is 18.3 Å². The number of hydrogen-bond donors (Lipinski definition) is 3. The predicted octanol–water partition coefficient (Wildman–Crippen LogP) is 6.91. The third-order valence-corrected chi connectivity index (χ3v) is 5.48. The van der Waals surface area contributed by atoms with Crippen molar-refractivity contribution in [3.63, 3.8) is 0 Å². The fourth-order valence-electron chi connectivity index (χ4n) is 3.85. The molecule has 0 amide bonds. The summed E-state index contributed by atoms with van der Waals surface area (Å²) in [4.78, 5) is 4.34. The summed E-state index contributed by atoms with van der Waals surface area (Å²) in [6, 6.07) is 12.7. The van der Waals surface area contributed by atoms with Crippen LogP contribution >= 0.6 is 0 Å². The van der Waals surface area contributed by atoms with Crippen molar-refractivity contribution in [3.05, 3.63) is 96.1 Å². The van der Waals surface area contributed by atoms with Gasteiger partial charge in [0, 0.05) is 53.1 Å². The van der Waals surface area contributed by atoms with E-state index in [-0.39, 0.29) is 5.56 Å². The van der Waals surface area contributed by atoms with Gasteiger partial charge in [-0.15, -0.1) is 0 Å². The minimum absolute atomic E-state index is 0.0207. The van der Waals surface area contributed by atoms with E-state index in [0.717, 1.165) is 41.3 Å². The molecule has 6 heteroatoms. The third kappa shape index (κ3) is 5.58. The Morgan fingerprint density at radius 3 is 2.12 bits per heavy atom. The number of nitrogens with one attached hydrogen (secondary N) is 2. The Hall–Kier alpha value is -3.67. The van der Waals surface area contributed by atoms with Crippen LogP contribution in [0.15, 0.2) is 73.8 Å². The van der Waals surface area contributed by atoms with Gasteiger partial charge in [0.2, 0.25) is 0 Å². The van der Waals surface area contributed by atoms with Crippen molar-refractivity contribution in [2.24, 2.45) is 5.73 Å². The van der Waals surface area contributed by atoms with Gasteiger partial charge in [-0.25, -0.2) is 8.78 Å². The molecule has 0 atom stereocenters. The molecule has 0 aliphatic carbocycles. The van der Waals surface area contributed by atoms with Gasteiger partial charge < -0.3 is 16.4 Å². The zero-order valence-electron chi connectivity index (χ0n) is 19.3. The van der Waals surface area contributed by atoms with Crippen LogP contribution in [0.4, 0.5) is 20.2 Å². The van der Waals surface area contributed by atoms with Crippen LogP contribution in [0.5, 0.6) is 0 Å². The summed E-state index contributed by atoms with van der Waals surface area (Å²) in [5.41, 5.74) is 12.4. The molecule has 1 heterocycles. The second-order valence-electron chi connectivity index (χ2n) is 8.02. The molecule has 3 aromatic rings. The molecule has 0 aliphatic rings. The first kappa shape index (κ1) is 24.0. The SMILES string of the molecule is C=C(Nc1ccc(-c2cncc(CC)c2C(=C)N)cc1)Nc1ccc(CC)c(C(C)(F)F)c1. The van der Waals surface area contributed by atoms with E-state index >= 15 is 0 Å².